The van der Waals surface area contributed by atoms with E-state index < -0.39 is 11.6 Å². The van der Waals surface area contributed by atoms with Gasteiger partial charge in [0.15, 0.2) is 22.9 Å². The van der Waals surface area contributed by atoms with Gasteiger partial charge in [-0.1, -0.05) is 6.92 Å². The molecule has 2 fully saturated rings. The molecule has 16 nitrogen and oxygen atoms in total. The summed E-state index contributed by atoms with van der Waals surface area (Å²) >= 11 is 0. The Morgan fingerprint density at radius 3 is 1.68 bits per heavy atom. The van der Waals surface area contributed by atoms with E-state index in [2.05, 4.69) is 61.6 Å². The van der Waals surface area contributed by atoms with Gasteiger partial charge in [-0.2, -0.15) is 10.2 Å². The van der Waals surface area contributed by atoms with Gasteiger partial charge in [-0.25, -0.2) is 18.7 Å². The van der Waals surface area contributed by atoms with E-state index in [4.69, 9.17) is 10.2 Å². The quantitative estimate of drug-likeness (QED) is 0.0986. The molecule has 2 saturated heterocycles. The summed E-state index contributed by atoms with van der Waals surface area (Å²) < 4.78 is 36.9. The van der Waals surface area contributed by atoms with Gasteiger partial charge < -0.3 is 39.5 Å². The van der Waals surface area contributed by atoms with Crippen molar-refractivity contribution in [3.8, 4) is 0 Å². The number of hydrogen-bond acceptors (Lipinski definition) is 10. The summed E-state index contributed by atoms with van der Waals surface area (Å²) in [5.74, 6) is -1.82. The van der Waals surface area contributed by atoms with Gasteiger partial charge in [0.05, 0.1) is 33.9 Å². The Morgan fingerprint density at radius 1 is 0.697 bits per heavy atom. The number of anilines is 4. The molecule has 0 bridgehead atoms. The zero-order valence-corrected chi connectivity index (χ0v) is 37.9. The minimum absolute atomic E-state index is 0.199. The SMILES string of the molecule is CCNC1CCN(c2ccc(C(=O)Nc3cc(F)c4nc(C)cn4c3)c3nn(CCCCn4cc5c(N6CCC(N(C)C)C6)ccc(C(=O)Nc6cc(F)c7nc(C)cn7c6)c5n4)cc23)C1. The normalized spacial score (nSPS) is 16.6. The molecular formula is C48H54F2N14O2. The number of nitrogens with zero attached hydrogens (tertiary/aromatic N) is 11. The van der Waals surface area contributed by atoms with Crippen molar-refractivity contribution < 1.29 is 18.4 Å². The van der Waals surface area contributed by atoms with Gasteiger partial charge in [-0.15, -0.1) is 0 Å². The average molecular weight is 897 g/mol. The van der Waals surface area contributed by atoms with Gasteiger partial charge in [-0.05, 0) is 84.4 Å². The second-order valence-electron chi connectivity index (χ2n) is 17.9. The number of carbonyl (C=O) groups excluding carboxylic acids is 2. The molecule has 2 aliphatic rings. The number of benzene rings is 2. The lowest BCUT2D eigenvalue weighted by atomic mass is 10.1. The highest BCUT2D eigenvalue weighted by Gasteiger charge is 2.29. The van der Waals surface area contributed by atoms with Crippen LogP contribution in [0.2, 0.25) is 0 Å². The summed E-state index contributed by atoms with van der Waals surface area (Å²) in [4.78, 5) is 43.3. The number of aromatic nitrogens is 8. The van der Waals surface area contributed by atoms with Crippen LogP contribution in [0.15, 0.2) is 73.6 Å². The largest absolute Gasteiger partial charge is 0.369 e. The number of likely N-dealkylation sites (N-methyl/N-ethyl adjacent to an activating group) is 2. The molecular weight excluding hydrogens is 843 g/mol. The standard InChI is InChI=1S/C48H54F2N14O2/c1-6-51-31-13-17-59(23-31)41-11-9-35(47(65)54-32-19-39(49)45-52-29(2)21-61(45)24-32)43-37(41)27-63(56-43)15-7-8-16-64-28-38-42(60-18-14-34(26-60)58(4)5)12-10-36(44(38)57-64)48(66)55-33-20-40(50)46-53-30(3)22-62(46)25-33/h9-12,19-22,24-25,27-28,31,34,51H,6-8,13-18,23,26H2,1-5H3,(H,54,65)(H,55,66). The fourth-order valence-corrected chi connectivity index (χ4v) is 9.68. The predicted molar refractivity (Wildman–Crippen MR) is 253 cm³/mol. The van der Waals surface area contributed by atoms with E-state index in [0.29, 0.717) is 70.1 Å². The molecule has 0 aliphatic carbocycles. The number of halogens is 2. The summed E-state index contributed by atoms with van der Waals surface area (Å²) in [6.07, 6.45) is 14.4. The molecule has 342 valence electrons. The van der Waals surface area contributed by atoms with Gasteiger partial charge in [0.1, 0.15) is 11.0 Å². The van der Waals surface area contributed by atoms with Gasteiger partial charge in [-0.3, -0.25) is 19.0 Å². The lowest BCUT2D eigenvalue weighted by Crippen LogP contribution is -2.32. The number of pyridine rings is 2. The van der Waals surface area contributed by atoms with Crippen LogP contribution in [0.25, 0.3) is 33.1 Å². The van der Waals surface area contributed by atoms with E-state index in [1.165, 1.54) is 12.1 Å². The third kappa shape index (κ3) is 8.30. The van der Waals surface area contributed by atoms with Gasteiger partial charge >= 0.3 is 0 Å². The monoisotopic (exact) mass is 896 g/mol. The number of rotatable bonds is 14. The van der Waals surface area contributed by atoms with E-state index in [1.54, 1.807) is 47.4 Å². The summed E-state index contributed by atoms with van der Waals surface area (Å²) in [7, 11) is 4.20. The zero-order chi connectivity index (χ0) is 45.8. The number of carbonyl (C=O) groups is 2. The van der Waals surface area contributed by atoms with Crippen molar-refractivity contribution in [1.82, 2.24) is 48.5 Å². The van der Waals surface area contributed by atoms with Crippen LogP contribution >= 0.6 is 0 Å². The van der Waals surface area contributed by atoms with Crippen LogP contribution in [0.3, 0.4) is 0 Å². The fraction of sp³-hybridized carbons (Fsp3) is 0.375. The molecule has 6 aromatic heterocycles. The zero-order valence-electron chi connectivity index (χ0n) is 37.9. The molecule has 2 aromatic carbocycles. The highest BCUT2D eigenvalue weighted by molar-refractivity contribution is 6.15. The molecule has 0 spiro atoms. The van der Waals surface area contributed by atoms with Crippen molar-refractivity contribution in [1.29, 1.82) is 0 Å². The Balaban J connectivity index is 0.894. The first-order valence-electron chi connectivity index (χ1n) is 22.7. The van der Waals surface area contributed by atoms with Crippen LogP contribution in [-0.2, 0) is 13.1 Å². The van der Waals surface area contributed by atoms with Crippen LogP contribution in [0.1, 0.15) is 64.7 Å². The Morgan fingerprint density at radius 2 is 1.20 bits per heavy atom. The van der Waals surface area contributed by atoms with Crippen molar-refractivity contribution in [2.24, 2.45) is 0 Å². The van der Waals surface area contributed by atoms with Crippen LogP contribution in [0.4, 0.5) is 31.5 Å². The Kier molecular flexibility index (Phi) is 11.4. The minimum atomic E-state index is -0.526. The first kappa shape index (κ1) is 43.0. The number of nitrogens with one attached hydrogen (secondary N) is 3. The minimum Gasteiger partial charge on any atom is -0.369 e. The lowest BCUT2D eigenvalue weighted by Gasteiger charge is -2.22. The molecule has 8 aromatic rings. The molecule has 2 amide bonds. The van der Waals surface area contributed by atoms with E-state index >= 15 is 0 Å². The maximum atomic E-state index is 15.0. The first-order chi connectivity index (χ1) is 31.9. The van der Waals surface area contributed by atoms with Crippen molar-refractivity contribution in [3.05, 3.63) is 108 Å². The second kappa shape index (κ2) is 17.5. The summed E-state index contributed by atoms with van der Waals surface area (Å²) in [6, 6.07) is 11.0. The van der Waals surface area contributed by atoms with Gasteiger partial charge in [0, 0.05) is 123 Å². The first-order valence-corrected chi connectivity index (χ1v) is 22.7. The molecule has 2 unspecified atom stereocenters. The number of fused-ring (bicyclic) bond motifs is 4. The van der Waals surface area contributed by atoms with Crippen LogP contribution < -0.4 is 25.8 Å². The molecule has 10 rings (SSSR count). The molecule has 18 heteroatoms. The van der Waals surface area contributed by atoms with Gasteiger partial charge in [0.2, 0.25) is 0 Å². The smallest absolute Gasteiger partial charge is 0.257 e. The number of amides is 2. The van der Waals surface area contributed by atoms with Crippen molar-refractivity contribution in [3.63, 3.8) is 0 Å². The molecule has 3 N–H and O–H groups in total. The Hall–Kier alpha value is -6.92. The highest BCUT2D eigenvalue weighted by Crippen LogP contribution is 2.34. The van der Waals surface area contributed by atoms with E-state index in [1.807, 2.05) is 46.0 Å². The maximum Gasteiger partial charge on any atom is 0.257 e. The van der Waals surface area contributed by atoms with Crippen LogP contribution in [0, 0.1) is 25.5 Å². The number of aryl methyl sites for hydroxylation is 4. The molecule has 2 atom stereocenters. The lowest BCUT2D eigenvalue weighted by molar-refractivity contribution is 0.102. The average Bonchev–Trinajstić information content (AvgIpc) is 4.14. The third-order valence-corrected chi connectivity index (χ3v) is 12.9. The topological polar surface area (TPSA) is 150 Å². The van der Waals surface area contributed by atoms with E-state index in [-0.39, 0.29) is 23.1 Å². The van der Waals surface area contributed by atoms with Crippen molar-refractivity contribution >= 4 is 67.7 Å². The second-order valence-corrected chi connectivity index (χ2v) is 17.9. The fourth-order valence-electron chi connectivity index (χ4n) is 9.68. The van der Waals surface area contributed by atoms with Crippen LogP contribution in [0.5, 0.6) is 0 Å². The number of imidazole rings is 2. The molecule has 0 saturated carbocycles. The summed E-state index contributed by atoms with van der Waals surface area (Å²) in [6.45, 7) is 11.2. The Labute approximate surface area is 380 Å². The van der Waals surface area contributed by atoms with Crippen LogP contribution in [-0.4, -0.2) is 114 Å². The van der Waals surface area contributed by atoms with E-state index in [9.17, 15) is 18.4 Å². The van der Waals surface area contributed by atoms with E-state index in [0.717, 1.165) is 80.6 Å². The van der Waals surface area contributed by atoms with Gasteiger partial charge in [0.25, 0.3) is 11.8 Å². The van der Waals surface area contributed by atoms with Crippen molar-refractivity contribution in [2.75, 3.05) is 67.3 Å². The number of unbranched alkanes of at least 4 members (excludes halogenated alkanes) is 1. The summed E-state index contributed by atoms with van der Waals surface area (Å²) in [5, 5.41) is 21.1. The predicted octanol–water partition coefficient (Wildman–Crippen LogP) is 6.89. The van der Waals surface area contributed by atoms with Crippen molar-refractivity contribution in [2.45, 2.75) is 71.6 Å². The maximum absolute atomic E-state index is 15.0. The highest BCUT2D eigenvalue weighted by atomic mass is 19.1. The Bertz CT molecular complexity index is 3150. The summed E-state index contributed by atoms with van der Waals surface area (Å²) in [5.41, 5.74) is 6.37. The molecule has 2 aliphatic heterocycles. The number of hydrogen-bond donors (Lipinski definition) is 3. The molecule has 8 heterocycles. The third-order valence-electron chi connectivity index (χ3n) is 12.9. The molecule has 66 heavy (non-hydrogen) atoms. The molecule has 0 radical (unpaired) electrons.